The molecule has 0 heterocycles. The molecular weight excluding hydrogens is 116 g/mol. The van der Waals surface area contributed by atoms with Crippen LogP contribution in [0.25, 0.3) is 0 Å². The van der Waals surface area contributed by atoms with Crippen molar-refractivity contribution in [3.05, 3.63) is 25.0 Å². The Morgan fingerprint density at radius 3 is 2.67 bits per heavy atom. The molecule has 0 saturated carbocycles. The van der Waals surface area contributed by atoms with Crippen LogP contribution in [0, 0.1) is 0 Å². The summed E-state index contributed by atoms with van der Waals surface area (Å²) in [7, 11) is 0. The van der Waals surface area contributed by atoms with E-state index in [1.54, 1.807) is 6.08 Å². The van der Waals surface area contributed by atoms with E-state index in [1.165, 1.54) is 6.92 Å². The van der Waals surface area contributed by atoms with Crippen molar-refractivity contribution in [3.8, 4) is 0 Å². The fourth-order valence-electron chi connectivity index (χ4n) is 0.261. The Labute approximate surface area is 54.8 Å². The van der Waals surface area contributed by atoms with Crippen LogP contribution in [-0.4, -0.2) is 12.4 Å². The fourth-order valence-corrected chi connectivity index (χ4v) is 0.261. The smallest absolute Gasteiger partial charge is 0.193 e. The predicted octanol–water partition coefficient (Wildman–Crippen LogP) is 1.29. The molecule has 0 aliphatic carbocycles. The van der Waals surface area contributed by atoms with Gasteiger partial charge in [0.25, 0.3) is 0 Å². The maximum atomic E-state index is 10.4. The topological polar surface area (TPSA) is 26.3 Å². The normalized spacial score (nSPS) is 8.11. The molecule has 0 N–H and O–H groups in total. The molecule has 0 amide bonds. The minimum Gasteiger partial charge on any atom is -0.486 e. The number of hydrogen-bond acceptors (Lipinski definition) is 2. The second kappa shape index (κ2) is 3.89. The van der Waals surface area contributed by atoms with Crippen molar-refractivity contribution in [2.45, 2.75) is 6.92 Å². The number of rotatable bonds is 4. The highest BCUT2D eigenvalue weighted by atomic mass is 16.5. The van der Waals surface area contributed by atoms with E-state index >= 15 is 0 Å². The molecule has 0 bridgehead atoms. The Balaban J connectivity index is 3.51. The lowest BCUT2D eigenvalue weighted by atomic mass is 10.4. The number of ether oxygens (including phenoxy) is 1. The van der Waals surface area contributed by atoms with Crippen molar-refractivity contribution in [2.24, 2.45) is 0 Å². The summed E-state index contributed by atoms with van der Waals surface area (Å²) in [6.07, 6.45) is 1.56. The van der Waals surface area contributed by atoms with Gasteiger partial charge in [-0.25, -0.2) is 0 Å². The zero-order valence-electron chi connectivity index (χ0n) is 5.52. The summed E-state index contributed by atoms with van der Waals surface area (Å²) in [5.74, 6) is 0.0479. The molecule has 2 heteroatoms. The minimum atomic E-state index is -0.142. The van der Waals surface area contributed by atoms with Gasteiger partial charge < -0.3 is 4.74 Å². The molecular formula is C7H10O2. The molecule has 9 heavy (non-hydrogen) atoms. The van der Waals surface area contributed by atoms with Gasteiger partial charge in [0.05, 0.1) is 0 Å². The third-order valence-corrected chi connectivity index (χ3v) is 0.768. The van der Waals surface area contributed by atoms with Crippen LogP contribution in [0.3, 0.4) is 0 Å². The van der Waals surface area contributed by atoms with Gasteiger partial charge in [-0.05, 0) is 0 Å². The summed E-state index contributed by atoms with van der Waals surface area (Å²) in [6, 6.07) is 0. The standard InChI is InChI=1S/C7H10O2/c1-4-5-9-7(3)6(2)8/h4H,1,3,5H2,2H3. The van der Waals surface area contributed by atoms with Crippen LogP contribution in [0.15, 0.2) is 25.0 Å². The van der Waals surface area contributed by atoms with Crippen LogP contribution >= 0.6 is 0 Å². The van der Waals surface area contributed by atoms with E-state index in [0.717, 1.165) is 0 Å². The molecule has 0 fully saturated rings. The van der Waals surface area contributed by atoms with Crippen LogP contribution < -0.4 is 0 Å². The van der Waals surface area contributed by atoms with Gasteiger partial charge >= 0.3 is 0 Å². The lowest BCUT2D eigenvalue weighted by molar-refractivity contribution is -0.116. The van der Waals surface area contributed by atoms with Crippen LogP contribution in [-0.2, 0) is 9.53 Å². The van der Waals surface area contributed by atoms with Crippen LogP contribution in [0.5, 0.6) is 0 Å². The zero-order chi connectivity index (χ0) is 7.28. The highest BCUT2D eigenvalue weighted by Crippen LogP contribution is 1.93. The Kier molecular flexibility index (Phi) is 3.44. The van der Waals surface area contributed by atoms with Crippen molar-refractivity contribution in [1.82, 2.24) is 0 Å². The summed E-state index contributed by atoms with van der Waals surface area (Å²) in [5.41, 5.74) is 0. The Bertz CT molecular complexity index is 136. The molecule has 2 nitrogen and oxygen atoms in total. The number of allylic oxidation sites excluding steroid dienone is 1. The monoisotopic (exact) mass is 126 g/mol. The lowest BCUT2D eigenvalue weighted by Crippen LogP contribution is -1.99. The molecule has 0 unspecified atom stereocenters. The van der Waals surface area contributed by atoms with Crippen molar-refractivity contribution in [1.29, 1.82) is 0 Å². The van der Waals surface area contributed by atoms with Gasteiger partial charge in [0.1, 0.15) is 6.61 Å². The first-order chi connectivity index (χ1) is 4.18. The van der Waals surface area contributed by atoms with E-state index in [2.05, 4.69) is 13.2 Å². The van der Waals surface area contributed by atoms with Gasteiger partial charge in [0.15, 0.2) is 11.5 Å². The van der Waals surface area contributed by atoms with E-state index in [-0.39, 0.29) is 11.5 Å². The summed E-state index contributed by atoms with van der Waals surface area (Å²) in [5, 5.41) is 0. The Hall–Kier alpha value is -1.05. The molecule has 0 aromatic rings. The minimum absolute atomic E-state index is 0.142. The zero-order valence-corrected chi connectivity index (χ0v) is 5.52. The first-order valence-corrected chi connectivity index (χ1v) is 2.62. The second-order valence-electron chi connectivity index (χ2n) is 1.58. The van der Waals surface area contributed by atoms with Gasteiger partial charge in [-0.15, -0.1) is 0 Å². The molecule has 0 aromatic heterocycles. The molecule has 0 aromatic carbocycles. The summed E-state index contributed by atoms with van der Waals surface area (Å²) in [6.45, 7) is 8.54. The van der Waals surface area contributed by atoms with E-state index in [4.69, 9.17) is 4.74 Å². The van der Waals surface area contributed by atoms with E-state index in [0.29, 0.717) is 6.61 Å². The predicted molar refractivity (Wildman–Crippen MR) is 36.0 cm³/mol. The SMILES string of the molecule is C=CCOC(=C)C(C)=O. The first-order valence-electron chi connectivity index (χ1n) is 2.62. The van der Waals surface area contributed by atoms with Gasteiger partial charge in [0.2, 0.25) is 0 Å². The number of Topliss-reactive ketones (excluding diaryl/α,β-unsaturated/α-hetero) is 1. The molecule has 50 valence electrons. The average molecular weight is 126 g/mol. The second-order valence-corrected chi connectivity index (χ2v) is 1.58. The Morgan fingerprint density at radius 2 is 2.33 bits per heavy atom. The molecule has 0 radical (unpaired) electrons. The summed E-state index contributed by atoms with van der Waals surface area (Å²) < 4.78 is 4.79. The molecule has 0 aliphatic rings. The molecule has 0 saturated heterocycles. The number of hydrogen-bond donors (Lipinski definition) is 0. The third kappa shape index (κ3) is 3.53. The van der Waals surface area contributed by atoms with E-state index < -0.39 is 0 Å². The fraction of sp³-hybridized carbons (Fsp3) is 0.286. The van der Waals surface area contributed by atoms with Crippen molar-refractivity contribution in [2.75, 3.05) is 6.61 Å². The van der Waals surface area contributed by atoms with Crippen molar-refractivity contribution in [3.63, 3.8) is 0 Å². The Morgan fingerprint density at radius 1 is 1.78 bits per heavy atom. The van der Waals surface area contributed by atoms with Gasteiger partial charge in [-0.1, -0.05) is 19.2 Å². The van der Waals surface area contributed by atoms with Crippen LogP contribution in [0.4, 0.5) is 0 Å². The van der Waals surface area contributed by atoms with Crippen molar-refractivity contribution >= 4 is 5.78 Å². The molecule has 0 spiro atoms. The van der Waals surface area contributed by atoms with Crippen LogP contribution in [0.2, 0.25) is 0 Å². The first kappa shape index (κ1) is 7.95. The third-order valence-electron chi connectivity index (χ3n) is 0.768. The molecule has 0 rings (SSSR count). The highest BCUT2D eigenvalue weighted by molar-refractivity contribution is 5.90. The number of ketones is 1. The lowest BCUT2D eigenvalue weighted by Gasteiger charge is -2.00. The van der Waals surface area contributed by atoms with Gasteiger partial charge in [0, 0.05) is 6.92 Å². The number of carbonyl (C=O) groups excluding carboxylic acids is 1. The van der Waals surface area contributed by atoms with Gasteiger partial charge in [-0.2, -0.15) is 0 Å². The summed E-state index contributed by atoms with van der Waals surface area (Å²) in [4.78, 5) is 10.4. The van der Waals surface area contributed by atoms with E-state index in [1.807, 2.05) is 0 Å². The maximum Gasteiger partial charge on any atom is 0.193 e. The number of carbonyl (C=O) groups is 1. The van der Waals surface area contributed by atoms with Crippen LogP contribution in [0.1, 0.15) is 6.92 Å². The molecule has 0 aliphatic heterocycles. The summed E-state index contributed by atoms with van der Waals surface area (Å²) >= 11 is 0. The maximum absolute atomic E-state index is 10.4. The quantitative estimate of drug-likeness (QED) is 0.322. The van der Waals surface area contributed by atoms with Gasteiger partial charge in [-0.3, -0.25) is 4.79 Å². The highest BCUT2D eigenvalue weighted by Gasteiger charge is 1.97. The largest absolute Gasteiger partial charge is 0.486 e. The average Bonchev–Trinajstić information content (AvgIpc) is 1.82. The van der Waals surface area contributed by atoms with Crippen molar-refractivity contribution < 1.29 is 9.53 Å². The molecule has 0 atom stereocenters. The van der Waals surface area contributed by atoms with E-state index in [9.17, 15) is 4.79 Å².